The fourth-order valence-corrected chi connectivity index (χ4v) is 2.55. The minimum absolute atomic E-state index is 0.214. The van der Waals surface area contributed by atoms with Gasteiger partial charge in [-0.2, -0.15) is 18.3 Å². The number of guanidine groups is 1. The Labute approximate surface area is 151 Å². The van der Waals surface area contributed by atoms with Gasteiger partial charge in [0.1, 0.15) is 0 Å². The summed E-state index contributed by atoms with van der Waals surface area (Å²) in [6, 6.07) is 9.71. The zero-order chi connectivity index (χ0) is 19.2. The molecule has 0 fully saturated rings. The second-order valence-corrected chi connectivity index (χ2v) is 5.95. The van der Waals surface area contributed by atoms with Crippen molar-refractivity contribution in [1.29, 1.82) is 0 Å². The van der Waals surface area contributed by atoms with Crippen LogP contribution >= 0.6 is 0 Å². The van der Waals surface area contributed by atoms with Crippen molar-refractivity contribution in [3.8, 4) is 5.69 Å². The summed E-state index contributed by atoms with van der Waals surface area (Å²) in [5.74, 6) is 0.361. The summed E-state index contributed by atoms with van der Waals surface area (Å²) >= 11 is 0. The van der Waals surface area contributed by atoms with E-state index in [4.69, 9.17) is 0 Å². The van der Waals surface area contributed by atoms with Gasteiger partial charge in [0.15, 0.2) is 5.96 Å². The van der Waals surface area contributed by atoms with Gasteiger partial charge in [-0.15, -0.1) is 0 Å². The second kappa shape index (κ2) is 8.73. The smallest absolute Gasteiger partial charge is 0.357 e. The lowest BCUT2D eigenvalue weighted by atomic mass is 10.2. The lowest BCUT2D eigenvalue weighted by Gasteiger charge is -2.14. The molecule has 8 heteroatoms. The molecule has 2 rings (SSSR count). The first-order chi connectivity index (χ1) is 12.3. The van der Waals surface area contributed by atoms with Crippen LogP contribution in [0.2, 0.25) is 0 Å². The van der Waals surface area contributed by atoms with Crippen molar-refractivity contribution in [1.82, 2.24) is 20.4 Å². The maximum Gasteiger partial charge on any atom is 0.390 e. The summed E-state index contributed by atoms with van der Waals surface area (Å²) in [7, 11) is 0. The van der Waals surface area contributed by atoms with Gasteiger partial charge >= 0.3 is 6.18 Å². The summed E-state index contributed by atoms with van der Waals surface area (Å²) in [6.45, 7) is 6.45. The quantitative estimate of drug-likeness (QED) is 0.607. The topological polar surface area (TPSA) is 54.2 Å². The van der Waals surface area contributed by atoms with Crippen LogP contribution in [0, 0.1) is 13.8 Å². The van der Waals surface area contributed by atoms with Crippen molar-refractivity contribution < 1.29 is 13.2 Å². The van der Waals surface area contributed by atoms with E-state index in [-0.39, 0.29) is 6.54 Å². The second-order valence-electron chi connectivity index (χ2n) is 5.95. The first-order valence-corrected chi connectivity index (χ1v) is 8.50. The fraction of sp³-hybridized carbons (Fsp3) is 0.444. The number of rotatable bonds is 6. The Kier molecular flexibility index (Phi) is 6.65. The van der Waals surface area contributed by atoms with Gasteiger partial charge in [0, 0.05) is 18.8 Å². The van der Waals surface area contributed by atoms with Crippen LogP contribution in [0.15, 0.2) is 35.3 Å². The molecule has 0 atom stereocenters. The van der Waals surface area contributed by atoms with Crippen LogP contribution in [0.1, 0.15) is 30.3 Å². The number of benzene rings is 1. The van der Waals surface area contributed by atoms with Crippen LogP contribution in [0.25, 0.3) is 5.69 Å². The van der Waals surface area contributed by atoms with Crippen LogP contribution in [0.5, 0.6) is 0 Å². The largest absolute Gasteiger partial charge is 0.390 e. The lowest BCUT2D eigenvalue weighted by molar-refractivity contribution is -0.132. The van der Waals surface area contributed by atoms with Crippen LogP contribution in [-0.2, 0) is 6.54 Å². The maximum atomic E-state index is 12.3. The predicted octanol–water partition coefficient (Wildman–Crippen LogP) is 3.50. The number of hydrogen-bond acceptors (Lipinski definition) is 2. The van der Waals surface area contributed by atoms with Crippen molar-refractivity contribution in [2.45, 2.75) is 39.9 Å². The van der Waals surface area contributed by atoms with Crippen molar-refractivity contribution in [3.63, 3.8) is 0 Å². The number of alkyl halides is 3. The molecule has 26 heavy (non-hydrogen) atoms. The van der Waals surface area contributed by atoms with E-state index in [1.165, 1.54) is 0 Å². The minimum Gasteiger partial charge on any atom is -0.357 e. The highest BCUT2D eigenvalue weighted by Crippen LogP contribution is 2.19. The van der Waals surface area contributed by atoms with Crippen molar-refractivity contribution in [2.75, 3.05) is 13.1 Å². The summed E-state index contributed by atoms with van der Waals surface area (Å²) in [6.07, 6.45) is -5.09. The molecule has 1 aromatic heterocycles. The van der Waals surface area contributed by atoms with E-state index in [9.17, 15) is 13.2 Å². The summed E-state index contributed by atoms with van der Waals surface area (Å²) in [4.78, 5) is 4.41. The third kappa shape index (κ3) is 5.79. The lowest BCUT2D eigenvalue weighted by Crippen LogP contribution is -2.38. The van der Waals surface area contributed by atoms with Gasteiger partial charge in [-0.3, -0.25) is 0 Å². The van der Waals surface area contributed by atoms with Gasteiger partial charge < -0.3 is 10.6 Å². The third-order valence-electron chi connectivity index (χ3n) is 3.68. The Bertz CT molecular complexity index is 750. The number of aromatic nitrogens is 2. The Morgan fingerprint density at radius 1 is 1.19 bits per heavy atom. The monoisotopic (exact) mass is 367 g/mol. The molecular weight excluding hydrogens is 343 g/mol. The number of halogens is 3. The first-order valence-electron chi connectivity index (χ1n) is 8.50. The molecule has 142 valence electrons. The van der Waals surface area contributed by atoms with Gasteiger partial charge in [-0.1, -0.05) is 18.2 Å². The molecule has 0 spiro atoms. The number of para-hydroxylation sites is 1. The zero-order valence-corrected chi connectivity index (χ0v) is 15.2. The normalized spacial score (nSPS) is 12.3. The van der Waals surface area contributed by atoms with Gasteiger partial charge in [0.05, 0.1) is 24.3 Å². The molecule has 0 aliphatic rings. The highest BCUT2D eigenvalue weighted by molar-refractivity contribution is 5.79. The van der Waals surface area contributed by atoms with Gasteiger partial charge in [0.25, 0.3) is 0 Å². The molecule has 0 amide bonds. The highest BCUT2D eigenvalue weighted by Gasteiger charge is 2.26. The van der Waals surface area contributed by atoms with Crippen molar-refractivity contribution in [2.24, 2.45) is 4.99 Å². The van der Waals surface area contributed by atoms with Gasteiger partial charge in [0.2, 0.25) is 0 Å². The molecule has 1 heterocycles. The molecule has 0 radical (unpaired) electrons. The molecule has 0 aliphatic heterocycles. The molecular formula is C18H24F3N5. The molecule has 5 nitrogen and oxygen atoms in total. The van der Waals surface area contributed by atoms with Crippen LogP contribution < -0.4 is 10.6 Å². The SMILES string of the molecule is CCNC(=NCc1ccccc1-n1nc(C)cc1C)NCCC(F)(F)F. The van der Waals surface area contributed by atoms with Crippen LogP contribution in [-0.4, -0.2) is 35.0 Å². The Balaban J connectivity index is 2.15. The van der Waals surface area contributed by atoms with E-state index in [1.54, 1.807) is 0 Å². The molecule has 0 bridgehead atoms. The fourth-order valence-electron chi connectivity index (χ4n) is 2.55. The summed E-state index contributed by atoms with van der Waals surface area (Å²) in [5.41, 5.74) is 3.77. The molecule has 0 saturated carbocycles. The summed E-state index contributed by atoms with van der Waals surface area (Å²) in [5, 5.41) is 10.2. The molecule has 1 aromatic carbocycles. The highest BCUT2D eigenvalue weighted by atomic mass is 19.4. The average molecular weight is 367 g/mol. The average Bonchev–Trinajstić information content (AvgIpc) is 2.90. The van der Waals surface area contributed by atoms with E-state index in [0.717, 1.165) is 22.6 Å². The van der Waals surface area contributed by atoms with Crippen LogP contribution in [0.3, 0.4) is 0 Å². The first kappa shape index (κ1) is 19.8. The van der Waals surface area contributed by atoms with Crippen molar-refractivity contribution in [3.05, 3.63) is 47.3 Å². The Hall–Kier alpha value is -2.51. The summed E-state index contributed by atoms with van der Waals surface area (Å²) < 4.78 is 38.8. The molecule has 0 unspecified atom stereocenters. The van der Waals surface area contributed by atoms with Crippen molar-refractivity contribution >= 4 is 5.96 Å². The Morgan fingerprint density at radius 3 is 2.54 bits per heavy atom. The molecule has 2 N–H and O–H groups in total. The van der Waals surface area contributed by atoms with Crippen LogP contribution in [0.4, 0.5) is 13.2 Å². The zero-order valence-electron chi connectivity index (χ0n) is 15.2. The maximum absolute atomic E-state index is 12.3. The predicted molar refractivity (Wildman–Crippen MR) is 96.5 cm³/mol. The van der Waals surface area contributed by atoms with E-state index in [2.05, 4.69) is 20.7 Å². The van der Waals surface area contributed by atoms with E-state index in [1.807, 2.05) is 55.8 Å². The Morgan fingerprint density at radius 2 is 1.92 bits per heavy atom. The van der Waals surface area contributed by atoms with E-state index < -0.39 is 12.6 Å². The molecule has 0 saturated heterocycles. The molecule has 2 aromatic rings. The van der Waals surface area contributed by atoms with Gasteiger partial charge in [-0.25, -0.2) is 9.67 Å². The van der Waals surface area contributed by atoms with E-state index in [0.29, 0.717) is 19.0 Å². The number of aryl methyl sites for hydroxylation is 2. The number of nitrogens with one attached hydrogen (secondary N) is 2. The standard InChI is InChI=1S/C18H24F3N5/c1-4-22-17(23-10-9-18(19,20)21)24-12-15-7-5-6-8-16(15)26-14(3)11-13(2)25-26/h5-8,11H,4,9-10,12H2,1-3H3,(H2,22,23,24). The van der Waals surface area contributed by atoms with Gasteiger partial charge in [-0.05, 0) is 38.5 Å². The molecule has 0 aliphatic carbocycles. The van der Waals surface area contributed by atoms with E-state index >= 15 is 0 Å². The third-order valence-corrected chi connectivity index (χ3v) is 3.68. The number of hydrogen-bond donors (Lipinski definition) is 2. The number of aliphatic imine (C=N–C) groups is 1. The number of nitrogens with zero attached hydrogens (tertiary/aromatic N) is 3. The minimum atomic E-state index is -4.19.